The highest BCUT2D eigenvalue weighted by Crippen LogP contribution is 2.26. The number of aliphatic hydroxyl groups is 4. The standard InChI is InChI=1S/C63H119NO11S/c1-3-5-7-9-11-13-15-17-19-21-23-25-26-27-28-29-30-31-32-33-35-37-39-41-43-45-47-49-51-53-59(67)64-56(55-73-63-61(69)62(75-76(70,71)72)60(68)58(54-65)74-63)57(66)52-50-48-46-44-42-40-38-36-34-24-22-20-18-16-14-12-10-8-6-4-2/h23,25,27-28,50,52,56-58,60-63,65-66,68-69H,3-22,24,26,29-49,51,53-55H2,1-2H3,(H,64,67)(H,70,71,72)/b25-23-,28-27-,52-50+. The van der Waals surface area contributed by atoms with Gasteiger partial charge in [-0.1, -0.05) is 281 Å². The van der Waals surface area contributed by atoms with Crippen LogP contribution in [0.3, 0.4) is 0 Å². The van der Waals surface area contributed by atoms with Gasteiger partial charge in [0.25, 0.3) is 0 Å². The van der Waals surface area contributed by atoms with Crippen molar-refractivity contribution >= 4 is 16.3 Å². The van der Waals surface area contributed by atoms with Crippen LogP contribution < -0.4 is 5.32 Å². The van der Waals surface area contributed by atoms with Crippen molar-refractivity contribution in [2.24, 2.45) is 0 Å². The summed E-state index contributed by atoms with van der Waals surface area (Å²) in [6, 6.07) is -0.945. The number of hydrogen-bond acceptors (Lipinski definition) is 10. The van der Waals surface area contributed by atoms with Gasteiger partial charge in [-0.05, 0) is 51.4 Å². The summed E-state index contributed by atoms with van der Waals surface area (Å²) in [6.07, 6.45) is 59.1. The topological polar surface area (TPSA) is 192 Å². The zero-order valence-corrected chi connectivity index (χ0v) is 49.6. The normalized spacial score (nSPS) is 19.2. The molecular formula is C63H119NO11S. The van der Waals surface area contributed by atoms with Crippen LogP contribution in [0.4, 0.5) is 0 Å². The molecule has 7 unspecified atom stereocenters. The number of amides is 1. The molecule has 6 N–H and O–H groups in total. The summed E-state index contributed by atoms with van der Waals surface area (Å²) in [5, 5.41) is 45.1. The summed E-state index contributed by atoms with van der Waals surface area (Å²) >= 11 is 0. The van der Waals surface area contributed by atoms with Gasteiger partial charge in [-0.2, -0.15) is 8.42 Å². The lowest BCUT2D eigenvalue weighted by atomic mass is 9.99. The first-order chi connectivity index (χ1) is 37.0. The van der Waals surface area contributed by atoms with Crippen molar-refractivity contribution < 1.29 is 51.8 Å². The molecule has 1 rings (SSSR count). The molecule has 0 saturated carbocycles. The Hall–Kier alpha value is -1.68. The number of hydrogen-bond donors (Lipinski definition) is 6. The first-order valence-corrected chi connectivity index (χ1v) is 33.2. The smallest absolute Gasteiger partial charge is 0.394 e. The van der Waals surface area contributed by atoms with E-state index in [1.165, 1.54) is 231 Å². The van der Waals surface area contributed by atoms with Crippen LogP contribution in [0.2, 0.25) is 0 Å². The van der Waals surface area contributed by atoms with E-state index in [-0.39, 0.29) is 18.9 Å². The predicted molar refractivity (Wildman–Crippen MR) is 315 cm³/mol. The maximum absolute atomic E-state index is 13.2. The fourth-order valence-electron chi connectivity index (χ4n) is 10.3. The van der Waals surface area contributed by atoms with Gasteiger partial charge in [0, 0.05) is 6.42 Å². The molecule has 1 heterocycles. The second-order valence-corrected chi connectivity index (χ2v) is 23.4. The minimum absolute atomic E-state index is 0.259. The third-order valence-electron chi connectivity index (χ3n) is 15.2. The zero-order valence-electron chi connectivity index (χ0n) is 48.8. The number of ether oxygens (including phenoxy) is 2. The molecule has 0 aromatic rings. The fourth-order valence-corrected chi connectivity index (χ4v) is 10.8. The number of allylic oxidation sites excluding steroid dienone is 5. The van der Waals surface area contributed by atoms with E-state index in [9.17, 15) is 38.2 Å². The number of aliphatic hydroxyl groups excluding tert-OH is 4. The average molecular weight is 1100 g/mol. The van der Waals surface area contributed by atoms with Crippen LogP contribution in [-0.4, -0.2) is 95.4 Å². The van der Waals surface area contributed by atoms with Gasteiger partial charge in [0.1, 0.15) is 24.4 Å². The van der Waals surface area contributed by atoms with E-state index in [1.54, 1.807) is 6.08 Å². The SMILES string of the molecule is CCCCCCCCCCC/C=C\C/C=C\CCCCCCCCCCCCCCCC(=O)NC(COC1OC(CO)C(O)C(OS(=O)(=O)O)C1O)C(O)/C=C/CCCCCCCCCCCCCCCCCCCC. The van der Waals surface area contributed by atoms with E-state index in [4.69, 9.17) is 9.47 Å². The van der Waals surface area contributed by atoms with E-state index in [0.29, 0.717) is 6.42 Å². The van der Waals surface area contributed by atoms with Crippen LogP contribution in [0.25, 0.3) is 0 Å². The summed E-state index contributed by atoms with van der Waals surface area (Å²) in [4.78, 5) is 13.2. The molecule has 1 aliphatic heterocycles. The second kappa shape index (κ2) is 52.7. The molecule has 12 nitrogen and oxygen atoms in total. The quantitative estimate of drug-likeness (QED) is 0.0193. The lowest BCUT2D eigenvalue weighted by molar-refractivity contribution is -0.298. The summed E-state index contributed by atoms with van der Waals surface area (Å²) in [5.41, 5.74) is 0. The molecule has 0 radical (unpaired) electrons. The van der Waals surface area contributed by atoms with Crippen LogP contribution in [0.5, 0.6) is 0 Å². The minimum Gasteiger partial charge on any atom is -0.394 e. The summed E-state index contributed by atoms with van der Waals surface area (Å²) in [6.45, 7) is 3.44. The number of rotatable bonds is 56. The fraction of sp³-hybridized carbons (Fsp3) is 0.889. The summed E-state index contributed by atoms with van der Waals surface area (Å²) in [5.74, 6) is -0.259. The van der Waals surface area contributed by atoms with Gasteiger partial charge in [-0.15, -0.1) is 0 Å². The molecule has 1 fully saturated rings. The number of nitrogens with one attached hydrogen (secondary N) is 1. The van der Waals surface area contributed by atoms with Crippen molar-refractivity contribution in [2.75, 3.05) is 13.2 Å². The van der Waals surface area contributed by atoms with Crippen LogP contribution in [0, 0.1) is 0 Å². The molecule has 0 aromatic carbocycles. The van der Waals surface area contributed by atoms with E-state index in [2.05, 4.69) is 47.7 Å². The second-order valence-electron chi connectivity index (χ2n) is 22.4. The van der Waals surface area contributed by atoms with Crippen LogP contribution in [0.15, 0.2) is 36.5 Å². The highest BCUT2D eigenvalue weighted by atomic mass is 32.3. The molecule has 7 atom stereocenters. The Balaban J connectivity index is 2.30. The zero-order chi connectivity index (χ0) is 55.4. The molecule has 13 heteroatoms. The van der Waals surface area contributed by atoms with E-state index < -0.39 is 59.9 Å². The van der Waals surface area contributed by atoms with Crippen LogP contribution in [0.1, 0.15) is 303 Å². The van der Waals surface area contributed by atoms with E-state index in [1.807, 2.05) is 6.08 Å². The summed E-state index contributed by atoms with van der Waals surface area (Å²) in [7, 11) is -5.09. The van der Waals surface area contributed by atoms with Crippen molar-refractivity contribution in [1.29, 1.82) is 0 Å². The summed E-state index contributed by atoms with van der Waals surface area (Å²) < 4.78 is 47.9. The van der Waals surface area contributed by atoms with Crippen molar-refractivity contribution in [1.82, 2.24) is 5.32 Å². The molecule has 0 spiro atoms. The Kier molecular flexibility index (Phi) is 50.1. The first kappa shape index (κ1) is 72.3. The number of unbranched alkanes of at least 4 members (excludes halogenated alkanes) is 40. The van der Waals surface area contributed by atoms with Gasteiger partial charge < -0.3 is 35.2 Å². The van der Waals surface area contributed by atoms with Crippen molar-refractivity contribution in [3.05, 3.63) is 36.5 Å². The minimum atomic E-state index is -5.09. The van der Waals surface area contributed by atoms with Crippen LogP contribution >= 0.6 is 0 Å². The predicted octanol–water partition coefficient (Wildman–Crippen LogP) is 15.7. The average Bonchev–Trinajstić information content (AvgIpc) is 3.40. The number of carbonyl (C=O) groups is 1. The molecule has 76 heavy (non-hydrogen) atoms. The molecular weight excluding hydrogens is 979 g/mol. The molecule has 448 valence electrons. The lowest BCUT2D eigenvalue weighted by Crippen LogP contribution is -2.61. The molecule has 1 saturated heterocycles. The maximum atomic E-state index is 13.2. The van der Waals surface area contributed by atoms with Gasteiger partial charge >= 0.3 is 10.4 Å². The highest BCUT2D eigenvalue weighted by Gasteiger charge is 2.48. The van der Waals surface area contributed by atoms with E-state index >= 15 is 0 Å². The van der Waals surface area contributed by atoms with Crippen molar-refractivity contribution in [2.45, 2.75) is 346 Å². The third kappa shape index (κ3) is 44.1. The lowest BCUT2D eigenvalue weighted by Gasteiger charge is -2.41. The number of carbonyl (C=O) groups excluding carboxylic acids is 1. The monoisotopic (exact) mass is 1100 g/mol. The molecule has 0 aliphatic carbocycles. The molecule has 1 aliphatic rings. The Labute approximate surface area is 466 Å². The maximum Gasteiger partial charge on any atom is 0.397 e. The molecule has 1 amide bonds. The Morgan fingerprint density at radius 1 is 0.526 bits per heavy atom. The van der Waals surface area contributed by atoms with Crippen molar-refractivity contribution in [3.63, 3.8) is 0 Å². The third-order valence-corrected chi connectivity index (χ3v) is 15.6. The van der Waals surface area contributed by atoms with Gasteiger partial charge in [0.15, 0.2) is 6.29 Å². The Morgan fingerprint density at radius 3 is 1.25 bits per heavy atom. The van der Waals surface area contributed by atoms with Gasteiger partial charge in [0.05, 0.1) is 25.4 Å². The van der Waals surface area contributed by atoms with Gasteiger partial charge in [0.2, 0.25) is 5.91 Å². The molecule has 0 bridgehead atoms. The van der Waals surface area contributed by atoms with Crippen molar-refractivity contribution in [3.8, 4) is 0 Å². The molecule has 0 aromatic heterocycles. The first-order valence-electron chi connectivity index (χ1n) is 31.9. The van der Waals surface area contributed by atoms with E-state index in [0.717, 1.165) is 44.9 Å². The highest BCUT2D eigenvalue weighted by molar-refractivity contribution is 7.80. The van der Waals surface area contributed by atoms with Gasteiger partial charge in [-0.3, -0.25) is 9.35 Å². The Bertz CT molecular complexity index is 1480. The largest absolute Gasteiger partial charge is 0.397 e. The van der Waals surface area contributed by atoms with Gasteiger partial charge in [-0.25, -0.2) is 4.18 Å². The Morgan fingerprint density at radius 2 is 0.882 bits per heavy atom. The van der Waals surface area contributed by atoms with Crippen LogP contribution in [-0.2, 0) is 28.9 Å².